The predicted octanol–water partition coefficient (Wildman–Crippen LogP) is 5.05. The SMILES string of the molecule is COc1cc(C(O)c2[nH]nc3c(C#CCO[Si](C)(C)C(C)(C)C)c(OC)ccc23)cc(OC)c1OC. The van der Waals surface area contributed by atoms with Crippen LogP contribution in [0.2, 0.25) is 18.1 Å². The van der Waals surface area contributed by atoms with E-state index in [4.69, 9.17) is 23.4 Å². The number of rotatable bonds is 8. The minimum atomic E-state index is -1.91. The molecule has 36 heavy (non-hydrogen) atoms. The number of aromatic nitrogens is 2. The van der Waals surface area contributed by atoms with Crippen LogP contribution in [0.25, 0.3) is 10.9 Å². The summed E-state index contributed by atoms with van der Waals surface area (Å²) in [6, 6.07) is 7.09. The number of methoxy groups -OCH3 is 4. The Labute approximate surface area is 214 Å². The second kappa shape index (κ2) is 10.8. The number of H-pyrrole nitrogens is 1. The summed E-state index contributed by atoms with van der Waals surface area (Å²) in [5.74, 6) is 8.25. The minimum absolute atomic E-state index is 0.104. The lowest BCUT2D eigenvalue weighted by molar-refractivity contribution is 0.215. The van der Waals surface area contributed by atoms with Crippen molar-refractivity contribution in [1.29, 1.82) is 0 Å². The molecule has 1 atom stereocenters. The third-order valence-electron chi connectivity index (χ3n) is 6.74. The minimum Gasteiger partial charge on any atom is -0.495 e. The Morgan fingerprint density at radius 2 is 1.58 bits per heavy atom. The Bertz CT molecular complexity index is 1260. The van der Waals surface area contributed by atoms with Crippen molar-refractivity contribution in [2.75, 3.05) is 35.0 Å². The van der Waals surface area contributed by atoms with Gasteiger partial charge < -0.3 is 28.5 Å². The Balaban J connectivity index is 2.00. The van der Waals surface area contributed by atoms with E-state index < -0.39 is 14.4 Å². The molecule has 3 rings (SSSR count). The number of aliphatic hydroxyl groups is 1. The van der Waals surface area contributed by atoms with E-state index in [1.807, 2.05) is 12.1 Å². The Morgan fingerprint density at radius 3 is 2.11 bits per heavy atom. The van der Waals surface area contributed by atoms with Crippen molar-refractivity contribution in [1.82, 2.24) is 10.2 Å². The number of nitrogens with one attached hydrogen (secondary N) is 1. The first-order valence-electron chi connectivity index (χ1n) is 11.6. The maximum absolute atomic E-state index is 11.3. The van der Waals surface area contributed by atoms with Crippen LogP contribution in [-0.4, -0.2) is 58.7 Å². The largest absolute Gasteiger partial charge is 0.495 e. The fourth-order valence-electron chi connectivity index (χ4n) is 3.57. The lowest BCUT2D eigenvalue weighted by atomic mass is 10.0. The van der Waals surface area contributed by atoms with Crippen LogP contribution in [0.1, 0.15) is 43.7 Å². The number of aliphatic hydroxyl groups excluding tert-OH is 1. The lowest BCUT2D eigenvalue weighted by Gasteiger charge is -2.35. The first kappa shape index (κ1) is 27.4. The van der Waals surface area contributed by atoms with Gasteiger partial charge in [-0.05, 0) is 48.0 Å². The van der Waals surface area contributed by atoms with Gasteiger partial charge in [0, 0.05) is 5.39 Å². The molecule has 1 heterocycles. The van der Waals surface area contributed by atoms with Gasteiger partial charge in [-0.3, -0.25) is 5.10 Å². The molecule has 0 saturated carbocycles. The molecule has 2 aromatic carbocycles. The highest BCUT2D eigenvalue weighted by atomic mass is 28.4. The average molecular weight is 513 g/mol. The normalized spacial score (nSPS) is 12.6. The van der Waals surface area contributed by atoms with Gasteiger partial charge in [0.15, 0.2) is 19.8 Å². The van der Waals surface area contributed by atoms with Gasteiger partial charge in [-0.2, -0.15) is 5.10 Å². The van der Waals surface area contributed by atoms with Crippen molar-refractivity contribution in [3.8, 4) is 34.8 Å². The number of fused-ring (bicyclic) bond motifs is 1. The van der Waals surface area contributed by atoms with Gasteiger partial charge in [-0.25, -0.2) is 0 Å². The number of ether oxygens (including phenoxy) is 4. The molecule has 0 aliphatic rings. The van der Waals surface area contributed by atoms with Crippen LogP contribution >= 0.6 is 0 Å². The molecular formula is C27H36N2O6Si. The molecule has 0 fully saturated rings. The molecule has 0 spiro atoms. The smallest absolute Gasteiger partial charge is 0.203 e. The monoisotopic (exact) mass is 512 g/mol. The number of aromatic amines is 1. The molecule has 0 saturated heterocycles. The highest BCUT2D eigenvalue weighted by molar-refractivity contribution is 6.74. The summed E-state index contributed by atoms with van der Waals surface area (Å²) < 4.78 is 28.0. The molecule has 8 nitrogen and oxygen atoms in total. The second-order valence-electron chi connectivity index (χ2n) is 9.89. The van der Waals surface area contributed by atoms with E-state index in [0.717, 1.165) is 5.39 Å². The van der Waals surface area contributed by atoms with Crippen LogP contribution in [0.4, 0.5) is 0 Å². The lowest BCUT2D eigenvalue weighted by Crippen LogP contribution is -2.40. The summed E-state index contributed by atoms with van der Waals surface area (Å²) in [6.07, 6.45) is -1.03. The Hall–Kier alpha value is -3.19. The number of hydrogen-bond donors (Lipinski definition) is 2. The van der Waals surface area contributed by atoms with Crippen molar-refractivity contribution < 1.29 is 28.5 Å². The molecule has 2 N–H and O–H groups in total. The summed E-state index contributed by atoms with van der Waals surface area (Å²) in [6.45, 7) is 11.3. The molecule has 0 bridgehead atoms. The average Bonchev–Trinajstić information content (AvgIpc) is 3.28. The van der Waals surface area contributed by atoms with Crippen LogP contribution in [0, 0.1) is 11.8 Å². The second-order valence-corrected chi connectivity index (χ2v) is 14.7. The van der Waals surface area contributed by atoms with E-state index in [1.165, 1.54) is 21.3 Å². The van der Waals surface area contributed by atoms with Crippen LogP contribution in [-0.2, 0) is 4.43 Å². The van der Waals surface area contributed by atoms with Crippen molar-refractivity contribution >= 4 is 19.2 Å². The fourth-order valence-corrected chi connectivity index (χ4v) is 4.43. The summed E-state index contributed by atoms with van der Waals surface area (Å²) in [5, 5.41) is 19.6. The van der Waals surface area contributed by atoms with Crippen molar-refractivity contribution in [2.24, 2.45) is 0 Å². The highest BCUT2D eigenvalue weighted by Gasteiger charge is 2.36. The zero-order chi connectivity index (χ0) is 26.7. The number of hydrogen-bond acceptors (Lipinski definition) is 7. The molecule has 1 unspecified atom stereocenters. The van der Waals surface area contributed by atoms with Crippen molar-refractivity contribution in [2.45, 2.75) is 45.0 Å². The van der Waals surface area contributed by atoms with Gasteiger partial charge in [-0.1, -0.05) is 32.6 Å². The maximum atomic E-state index is 11.3. The highest BCUT2D eigenvalue weighted by Crippen LogP contribution is 2.42. The molecule has 3 aromatic rings. The van der Waals surface area contributed by atoms with Crippen molar-refractivity contribution in [3.63, 3.8) is 0 Å². The van der Waals surface area contributed by atoms with Gasteiger partial charge >= 0.3 is 0 Å². The third-order valence-corrected chi connectivity index (χ3v) is 11.2. The van der Waals surface area contributed by atoms with E-state index in [-0.39, 0.29) is 5.04 Å². The zero-order valence-corrected chi connectivity index (χ0v) is 23.5. The van der Waals surface area contributed by atoms with E-state index >= 15 is 0 Å². The summed E-state index contributed by atoms with van der Waals surface area (Å²) >= 11 is 0. The maximum Gasteiger partial charge on any atom is 0.203 e. The van der Waals surface area contributed by atoms with Gasteiger partial charge in [0.2, 0.25) is 5.75 Å². The standard InChI is InChI=1S/C27H36N2O6Si/c1-27(2,3)36(8,9)35-14-10-11-18-20(31-4)13-12-19-23(18)28-29-24(19)25(30)17-15-21(32-5)26(34-7)22(16-17)33-6/h12-13,15-16,25,30H,14H2,1-9H3,(H,28,29). The molecule has 0 aliphatic carbocycles. The quantitative estimate of drug-likeness (QED) is 0.322. The van der Waals surface area contributed by atoms with Gasteiger partial charge in [0.05, 0.1) is 46.3 Å². The number of benzene rings is 2. The Kier molecular flexibility index (Phi) is 8.24. The van der Waals surface area contributed by atoms with Gasteiger partial charge in [0.25, 0.3) is 0 Å². The molecule has 0 radical (unpaired) electrons. The summed E-state index contributed by atoms with van der Waals surface area (Å²) in [7, 11) is 4.29. The van der Waals surface area contributed by atoms with Gasteiger partial charge in [-0.15, -0.1) is 0 Å². The number of nitrogens with zero attached hydrogens (tertiary/aromatic N) is 1. The van der Waals surface area contributed by atoms with Crippen LogP contribution in [0.5, 0.6) is 23.0 Å². The fraction of sp³-hybridized carbons (Fsp3) is 0.444. The summed E-state index contributed by atoms with van der Waals surface area (Å²) in [4.78, 5) is 0. The van der Waals surface area contributed by atoms with E-state index in [2.05, 4.69) is 55.9 Å². The molecular weight excluding hydrogens is 476 g/mol. The molecule has 0 aliphatic heterocycles. The first-order chi connectivity index (χ1) is 17.0. The van der Waals surface area contributed by atoms with E-state index in [1.54, 1.807) is 19.2 Å². The zero-order valence-electron chi connectivity index (χ0n) is 22.5. The Morgan fingerprint density at radius 1 is 0.972 bits per heavy atom. The van der Waals surface area contributed by atoms with E-state index in [9.17, 15) is 5.11 Å². The third kappa shape index (κ3) is 5.31. The summed E-state index contributed by atoms with van der Waals surface area (Å²) in [5.41, 5.74) is 2.31. The molecule has 0 amide bonds. The molecule has 9 heteroatoms. The topological polar surface area (TPSA) is 95.1 Å². The van der Waals surface area contributed by atoms with Crippen LogP contribution in [0.15, 0.2) is 24.3 Å². The van der Waals surface area contributed by atoms with Crippen LogP contribution in [0.3, 0.4) is 0 Å². The van der Waals surface area contributed by atoms with E-state index in [0.29, 0.717) is 51.9 Å². The van der Waals surface area contributed by atoms with Gasteiger partial charge in [0.1, 0.15) is 17.4 Å². The van der Waals surface area contributed by atoms with Crippen molar-refractivity contribution in [3.05, 3.63) is 41.1 Å². The first-order valence-corrected chi connectivity index (χ1v) is 14.6. The molecule has 194 valence electrons. The molecule has 1 aromatic heterocycles. The predicted molar refractivity (Wildman–Crippen MR) is 143 cm³/mol. The van der Waals surface area contributed by atoms with Crippen LogP contribution < -0.4 is 18.9 Å².